The van der Waals surface area contributed by atoms with Crippen LogP contribution in [0.2, 0.25) is 5.02 Å². The van der Waals surface area contributed by atoms with Crippen LogP contribution in [-0.2, 0) is 28.5 Å². The van der Waals surface area contributed by atoms with Crippen molar-refractivity contribution in [3.63, 3.8) is 0 Å². The summed E-state index contributed by atoms with van der Waals surface area (Å²) in [7, 11) is 1.61. The number of Topliss-reactive ketones (excluding diaryl/α,β-unsaturated/α-hetero) is 1. The molecule has 2 aromatic rings. The maximum atomic E-state index is 14.7. The molecule has 0 aliphatic carbocycles. The number of aliphatic imine (C=N–C) groups is 1. The number of carboxylic acid groups (broad SMARTS) is 1. The molecule has 1 aromatic carbocycles. The third-order valence-electron chi connectivity index (χ3n) is 4.58. The van der Waals surface area contributed by atoms with Crippen LogP contribution in [0.15, 0.2) is 29.4 Å². The second-order valence-electron chi connectivity index (χ2n) is 6.89. The minimum absolute atomic E-state index is 0.0525. The van der Waals surface area contributed by atoms with E-state index in [0.29, 0.717) is 5.56 Å². The van der Waals surface area contributed by atoms with Crippen molar-refractivity contribution in [1.29, 1.82) is 0 Å². The highest BCUT2D eigenvalue weighted by Crippen LogP contribution is 2.43. The van der Waals surface area contributed by atoms with Crippen molar-refractivity contribution in [2.45, 2.75) is 24.8 Å². The molecular formula is C19H20ClF3N4O4. The first-order valence-corrected chi connectivity index (χ1v) is 9.22. The number of ketones is 1. The molecule has 0 spiro atoms. The van der Waals surface area contributed by atoms with Gasteiger partial charge < -0.3 is 15.6 Å². The van der Waals surface area contributed by atoms with Crippen LogP contribution >= 0.6 is 11.6 Å². The van der Waals surface area contributed by atoms with E-state index in [4.69, 9.17) is 32.0 Å². The maximum Gasteiger partial charge on any atom is 0.299 e. The van der Waals surface area contributed by atoms with Gasteiger partial charge in [-0.05, 0) is 24.6 Å². The number of hydrogen-bond donors (Lipinski definition) is 2. The van der Waals surface area contributed by atoms with E-state index in [1.807, 2.05) is 0 Å². The molecule has 168 valence electrons. The predicted molar refractivity (Wildman–Crippen MR) is 106 cm³/mol. The van der Waals surface area contributed by atoms with Gasteiger partial charge in [0.05, 0.1) is 5.02 Å². The van der Waals surface area contributed by atoms with Crippen LogP contribution in [0.5, 0.6) is 0 Å². The van der Waals surface area contributed by atoms with Crippen molar-refractivity contribution in [3.8, 4) is 0 Å². The minimum atomic E-state index is -3.51. The Bertz CT molecular complexity index is 1010. The molecular weight excluding hydrogens is 441 g/mol. The third-order valence-corrected chi connectivity index (χ3v) is 4.86. The first kappa shape index (κ1) is 24.4. The van der Waals surface area contributed by atoms with Crippen molar-refractivity contribution in [2.24, 2.45) is 17.8 Å². The van der Waals surface area contributed by atoms with E-state index in [9.17, 15) is 18.0 Å². The van der Waals surface area contributed by atoms with Gasteiger partial charge in [-0.1, -0.05) is 17.7 Å². The molecule has 0 saturated carbocycles. The summed E-state index contributed by atoms with van der Waals surface area (Å²) >= 11 is 5.97. The molecule has 0 amide bonds. The quantitative estimate of drug-likeness (QED) is 0.534. The Morgan fingerprint density at radius 3 is 2.68 bits per heavy atom. The first-order chi connectivity index (χ1) is 14.4. The Morgan fingerprint density at radius 2 is 2.10 bits per heavy atom. The van der Waals surface area contributed by atoms with E-state index in [-0.39, 0.29) is 41.6 Å². The largest absolute Gasteiger partial charge is 0.483 e. The summed E-state index contributed by atoms with van der Waals surface area (Å²) in [5.74, 6) is -4.98. The lowest BCUT2D eigenvalue weighted by Gasteiger charge is -2.33. The summed E-state index contributed by atoms with van der Waals surface area (Å²) in [5, 5.41) is 11.0. The molecule has 0 saturated heterocycles. The van der Waals surface area contributed by atoms with Gasteiger partial charge in [-0.15, -0.1) is 0 Å². The molecule has 31 heavy (non-hydrogen) atoms. The predicted octanol–water partition coefficient (Wildman–Crippen LogP) is 2.58. The second kappa shape index (κ2) is 9.48. The molecule has 8 nitrogen and oxygen atoms in total. The molecule has 0 bridgehead atoms. The van der Waals surface area contributed by atoms with Gasteiger partial charge in [0, 0.05) is 25.2 Å². The lowest BCUT2D eigenvalue weighted by atomic mass is 9.84. The lowest BCUT2D eigenvalue weighted by Crippen LogP contribution is -2.45. The average molecular weight is 461 g/mol. The number of nitrogens with zero attached hydrogens (tertiary/aromatic N) is 3. The first-order valence-electron chi connectivity index (χ1n) is 8.84. The Morgan fingerprint density at radius 1 is 1.45 bits per heavy atom. The van der Waals surface area contributed by atoms with Gasteiger partial charge in [-0.2, -0.15) is 5.10 Å². The summed E-state index contributed by atoms with van der Waals surface area (Å²) in [4.78, 5) is 24.7. The number of rotatable bonds is 4. The highest BCUT2D eigenvalue weighted by Gasteiger charge is 2.54. The van der Waals surface area contributed by atoms with Gasteiger partial charge in [0.15, 0.2) is 11.3 Å². The van der Waals surface area contributed by atoms with Crippen molar-refractivity contribution >= 4 is 29.7 Å². The molecule has 3 N–H and O–H groups in total. The minimum Gasteiger partial charge on any atom is -0.483 e. The second-order valence-corrected chi connectivity index (χ2v) is 7.30. The van der Waals surface area contributed by atoms with Crippen LogP contribution in [0, 0.1) is 5.82 Å². The number of hydrogen-bond acceptors (Lipinski definition) is 6. The number of benzene rings is 1. The maximum absolute atomic E-state index is 14.7. The van der Waals surface area contributed by atoms with Crippen LogP contribution in [0.25, 0.3) is 0 Å². The Kier molecular flexibility index (Phi) is 7.45. The third kappa shape index (κ3) is 5.23. The normalized spacial score (nSPS) is 20.1. The van der Waals surface area contributed by atoms with Gasteiger partial charge in [-0.25, -0.2) is 13.2 Å². The fourth-order valence-electron chi connectivity index (χ4n) is 3.06. The molecule has 1 aliphatic heterocycles. The number of ether oxygens (including phenoxy) is 1. The topological polar surface area (TPSA) is 120 Å². The van der Waals surface area contributed by atoms with E-state index in [1.165, 1.54) is 23.0 Å². The van der Waals surface area contributed by atoms with Crippen LogP contribution in [-0.4, -0.2) is 52.1 Å². The van der Waals surface area contributed by atoms with E-state index in [1.54, 1.807) is 7.05 Å². The summed E-state index contributed by atoms with van der Waals surface area (Å²) in [6.07, 6.45) is 1.27. The molecule has 2 heterocycles. The molecule has 1 atom stereocenters. The number of halogens is 4. The fourth-order valence-corrected chi connectivity index (χ4v) is 3.34. The highest BCUT2D eigenvalue weighted by atomic mass is 35.5. The Balaban J connectivity index is 0.00000107. The Labute approximate surface area is 180 Å². The van der Waals surface area contributed by atoms with Gasteiger partial charge in [-0.3, -0.25) is 19.3 Å². The number of alkyl halides is 2. The Hall–Kier alpha value is -2.92. The van der Waals surface area contributed by atoms with Gasteiger partial charge in [0.2, 0.25) is 0 Å². The number of carbonyl (C=O) groups excluding carboxylic acids is 1. The summed E-state index contributed by atoms with van der Waals surface area (Å²) in [5.41, 5.74) is 3.34. The summed E-state index contributed by atoms with van der Waals surface area (Å²) in [6.45, 7) is -0.392. The SMILES string of the molecule is Cn1cc(Cl)c(C(=O)Cc2ccc(F)c([C@@]3(C)N=C(N)COCC3(F)F)c2)n1.O=CO. The number of aryl methyl sites for hydroxylation is 1. The van der Waals surface area contributed by atoms with Crippen molar-refractivity contribution in [2.75, 3.05) is 13.2 Å². The number of carbonyl (C=O) groups is 2. The molecule has 0 fully saturated rings. The van der Waals surface area contributed by atoms with Crippen molar-refractivity contribution in [3.05, 3.63) is 52.1 Å². The van der Waals surface area contributed by atoms with Gasteiger partial charge in [0.25, 0.3) is 12.4 Å². The molecule has 12 heteroatoms. The van der Waals surface area contributed by atoms with E-state index in [2.05, 4.69) is 10.1 Å². The monoisotopic (exact) mass is 460 g/mol. The van der Waals surface area contributed by atoms with Crippen molar-refractivity contribution < 1.29 is 32.6 Å². The molecule has 0 unspecified atom stereocenters. The van der Waals surface area contributed by atoms with E-state index in [0.717, 1.165) is 13.0 Å². The number of nitrogens with two attached hydrogens (primary N) is 1. The van der Waals surface area contributed by atoms with E-state index >= 15 is 0 Å². The number of aromatic nitrogens is 2. The van der Waals surface area contributed by atoms with Gasteiger partial charge in [0.1, 0.15) is 30.6 Å². The fraction of sp³-hybridized carbons (Fsp3) is 0.368. The zero-order chi connectivity index (χ0) is 23.4. The highest BCUT2D eigenvalue weighted by molar-refractivity contribution is 6.33. The van der Waals surface area contributed by atoms with Crippen molar-refractivity contribution in [1.82, 2.24) is 9.78 Å². The molecule has 1 aromatic heterocycles. The summed E-state index contributed by atoms with van der Waals surface area (Å²) < 4.78 is 50.2. The standard InChI is InChI=1S/C18H18ClF3N4O2.CH2O2/c1-17(18(21,22)9-28-8-15(23)24-17)11-5-10(3-4-13(11)20)6-14(27)16-12(19)7-26(2)25-16;2-1-3/h3-5,7H,6,8-9H2,1-2H3,(H2,23,24);1H,(H,2,3)/t17-;/m1./s1. The van der Waals surface area contributed by atoms with Crippen LogP contribution in [0.4, 0.5) is 13.2 Å². The zero-order valence-corrected chi connectivity index (χ0v) is 17.4. The van der Waals surface area contributed by atoms with Gasteiger partial charge >= 0.3 is 0 Å². The smallest absolute Gasteiger partial charge is 0.299 e. The zero-order valence-electron chi connectivity index (χ0n) is 16.6. The summed E-state index contributed by atoms with van der Waals surface area (Å²) in [6, 6.07) is 3.56. The molecule has 0 radical (unpaired) electrons. The van der Waals surface area contributed by atoms with Crippen LogP contribution < -0.4 is 5.73 Å². The van der Waals surface area contributed by atoms with Crippen LogP contribution in [0.3, 0.4) is 0 Å². The lowest BCUT2D eigenvalue weighted by molar-refractivity contribution is -0.122. The molecule has 3 rings (SSSR count). The molecule has 1 aliphatic rings. The average Bonchev–Trinajstić information content (AvgIpc) is 2.96. The number of amidine groups is 1. The van der Waals surface area contributed by atoms with E-state index < -0.39 is 29.7 Å². The van der Waals surface area contributed by atoms with Crippen LogP contribution in [0.1, 0.15) is 28.5 Å².